The van der Waals surface area contributed by atoms with Crippen LogP contribution in [0, 0.1) is 5.41 Å². The van der Waals surface area contributed by atoms with E-state index in [-0.39, 0.29) is 12.0 Å². The first kappa shape index (κ1) is 18.2. The molecule has 114 valence electrons. The molecule has 0 saturated heterocycles. The van der Waals surface area contributed by atoms with Crippen molar-refractivity contribution in [1.82, 2.24) is 5.32 Å². The van der Waals surface area contributed by atoms with Crippen molar-refractivity contribution in [3.63, 3.8) is 0 Å². The summed E-state index contributed by atoms with van der Waals surface area (Å²) in [6.45, 7) is 8.61. The van der Waals surface area contributed by atoms with E-state index < -0.39 is 11.7 Å². The highest BCUT2D eigenvalue weighted by Crippen LogP contribution is 2.26. The summed E-state index contributed by atoms with van der Waals surface area (Å²) in [5.41, 5.74) is -0.802. The van der Waals surface area contributed by atoms with Gasteiger partial charge in [0.2, 0.25) is 0 Å². The lowest BCUT2D eigenvalue weighted by Gasteiger charge is -2.31. The minimum absolute atomic E-state index is 0.0447. The Morgan fingerprint density at radius 3 is 2.37 bits per heavy atom. The van der Waals surface area contributed by atoms with Gasteiger partial charge in [-0.25, -0.2) is 4.79 Å². The van der Waals surface area contributed by atoms with E-state index in [2.05, 4.69) is 5.32 Å². The maximum absolute atomic E-state index is 11.6. The van der Waals surface area contributed by atoms with E-state index in [4.69, 9.17) is 9.47 Å². The molecule has 5 heteroatoms. The number of carbonyl (C=O) groups excluding carboxylic acids is 1. The first-order valence-electron chi connectivity index (χ1n) is 6.85. The van der Waals surface area contributed by atoms with Gasteiger partial charge in [-0.1, -0.05) is 6.92 Å². The molecular formula is C14H29NO4. The fraction of sp³-hybridized carbons (Fsp3) is 0.929. The Morgan fingerprint density at radius 1 is 1.32 bits per heavy atom. The minimum atomic E-state index is -0.506. The molecular weight excluding hydrogens is 246 g/mol. The maximum Gasteiger partial charge on any atom is 0.407 e. The summed E-state index contributed by atoms with van der Waals surface area (Å²) in [5.74, 6) is 0. The molecule has 1 atom stereocenters. The lowest BCUT2D eigenvalue weighted by molar-refractivity contribution is 0.0439. The van der Waals surface area contributed by atoms with E-state index >= 15 is 0 Å². The van der Waals surface area contributed by atoms with Gasteiger partial charge in [-0.05, 0) is 40.0 Å². The molecule has 2 N–H and O–H groups in total. The van der Waals surface area contributed by atoms with Crippen LogP contribution in [0.4, 0.5) is 4.79 Å². The third kappa shape index (κ3) is 8.06. The summed E-state index contributed by atoms with van der Waals surface area (Å²) in [4.78, 5) is 11.6. The number of aliphatic hydroxyl groups is 1. The van der Waals surface area contributed by atoms with Crippen LogP contribution in [0.5, 0.6) is 0 Å². The highest BCUT2D eigenvalue weighted by atomic mass is 16.6. The van der Waals surface area contributed by atoms with Crippen LogP contribution in [-0.2, 0) is 9.47 Å². The molecule has 0 aromatic carbocycles. The van der Waals surface area contributed by atoms with Crippen molar-refractivity contribution >= 4 is 6.09 Å². The molecule has 0 heterocycles. The zero-order valence-corrected chi connectivity index (χ0v) is 12.9. The number of rotatable bonds is 8. The normalized spacial score (nSPS) is 14.8. The third-order valence-electron chi connectivity index (χ3n) is 3.15. The largest absolute Gasteiger partial charge is 0.444 e. The van der Waals surface area contributed by atoms with Crippen molar-refractivity contribution in [1.29, 1.82) is 0 Å². The van der Waals surface area contributed by atoms with Crippen molar-refractivity contribution in [3.8, 4) is 0 Å². The third-order valence-corrected chi connectivity index (χ3v) is 3.15. The summed E-state index contributed by atoms with van der Waals surface area (Å²) >= 11 is 0. The second-order valence-corrected chi connectivity index (χ2v) is 5.96. The van der Waals surface area contributed by atoms with Gasteiger partial charge in [0, 0.05) is 25.7 Å². The maximum atomic E-state index is 11.6. The van der Waals surface area contributed by atoms with Crippen molar-refractivity contribution in [2.45, 2.75) is 52.6 Å². The van der Waals surface area contributed by atoms with Crippen LogP contribution < -0.4 is 5.32 Å². The molecule has 0 aliphatic rings. The van der Waals surface area contributed by atoms with Gasteiger partial charge in [0.25, 0.3) is 0 Å². The van der Waals surface area contributed by atoms with Gasteiger partial charge in [-0.15, -0.1) is 0 Å². The van der Waals surface area contributed by atoms with Crippen molar-refractivity contribution in [3.05, 3.63) is 0 Å². The van der Waals surface area contributed by atoms with Crippen molar-refractivity contribution < 1.29 is 19.4 Å². The number of methoxy groups -OCH3 is 1. The first-order chi connectivity index (χ1) is 8.78. The van der Waals surface area contributed by atoms with Gasteiger partial charge in [0.05, 0.1) is 6.61 Å². The SMILES string of the molecule is CCC(CO)(CCCOC)CNC(=O)OC(C)(C)C. The molecule has 0 aliphatic carbocycles. The summed E-state index contributed by atoms with van der Waals surface area (Å²) in [7, 11) is 1.66. The first-order valence-corrected chi connectivity index (χ1v) is 6.85. The topological polar surface area (TPSA) is 67.8 Å². The Balaban J connectivity index is 4.30. The van der Waals surface area contributed by atoms with Crippen LogP contribution in [-0.4, -0.2) is 43.7 Å². The number of ether oxygens (including phenoxy) is 2. The smallest absolute Gasteiger partial charge is 0.407 e. The van der Waals surface area contributed by atoms with Crippen molar-refractivity contribution in [2.75, 3.05) is 26.9 Å². The van der Waals surface area contributed by atoms with Gasteiger partial charge in [-0.3, -0.25) is 0 Å². The van der Waals surface area contributed by atoms with E-state index in [0.29, 0.717) is 13.2 Å². The fourth-order valence-corrected chi connectivity index (χ4v) is 1.80. The molecule has 0 rings (SSSR count). The number of hydrogen-bond acceptors (Lipinski definition) is 4. The van der Waals surface area contributed by atoms with Crippen molar-refractivity contribution in [2.24, 2.45) is 5.41 Å². The van der Waals surface area contributed by atoms with Crippen LogP contribution in [0.1, 0.15) is 47.0 Å². The molecule has 0 bridgehead atoms. The summed E-state index contributed by atoms with van der Waals surface area (Å²) < 4.78 is 10.2. The molecule has 0 fully saturated rings. The molecule has 0 aromatic rings. The zero-order chi connectivity index (χ0) is 14.9. The number of carbonyl (C=O) groups is 1. The van der Waals surface area contributed by atoms with E-state index in [0.717, 1.165) is 19.3 Å². The predicted molar refractivity (Wildman–Crippen MR) is 75.2 cm³/mol. The monoisotopic (exact) mass is 275 g/mol. The average molecular weight is 275 g/mol. The number of aliphatic hydroxyl groups excluding tert-OH is 1. The number of hydrogen-bond donors (Lipinski definition) is 2. The second-order valence-electron chi connectivity index (χ2n) is 5.96. The van der Waals surface area contributed by atoms with E-state index in [9.17, 15) is 9.90 Å². The molecule has 0 saturated carbocycles. The standard InChI is InChI=1S/C14H29NO4/c1-6-14(11-16,8-7-9-18-5)10-15-12(17)19-13(2,3)4/h16H,6-11H2,1-5H3,(H,15,17). The Hall–Kier alpha value is -0.810. The molecule has 19 heavy (non-hydrogen) atoms. The van der Waals surface area contributed by atoms with Crippen LogP contribution in [0.2, 0.25) is 0 Å². The van der Waals surface area contributed by atoms with E-state index in [1.54, 1.807) is 7.11 Å². The van der Waals surface area contributed by atoms with Crippen LogP contribution >= 0.6 is 0 Å². The van der Waals surface area contributed by atoms with Crippen LogP contribution in [0.15, 0.2) is 0 Å². The lowest BCUT2D eigenvalue weighted by atomic mass is 9.81. The zero-order valence-electron chi connectivity index (χ0n) is 12.9. The molecule has 1 amide bonds. The molecule has 1 unspecified atom stereocenters. The minimum Gasteiger partial charge on any atom is -0.444 e. The predicted octanol–water partition coefficient (Wildman–Crippen LogP) is 2.33. The summed E-state index contributed by atoms with van der Waals surface area (Å²) in [6, 6.07) is 0. The summed E-state index contributed by atoms with van der Waals surface area (Å²) in [6.07, 6.45) is 2.03. The Bertz CT molecular complexity index is 257. The number of alkyl carbamates (subject to hydrolysis) is 1. The van der Waals surface area contributed by atoms with E-state index in [1.807, 2.05) is 27.7 Å². The van der Waals surface area contributed by atoms with Crippen LogP contribution in [0.3, 0.4) is 0 Å². The molecule has 0 radical (unpaired) electrons. The van der Waals surface area contributed by atoms with Gasteiger partial charge in [-0.2, -0.15) is 0 Å². The van der Waals surface area contributed by atoms with Crippen LogP contribution in [0.25, 0.3) is 0 Å². The Morgan fingerprint density at radius 2 is 1.95 bits per heavy atom. The molecule has 0 spiro atoms. The second kappa shape index (κ2) is 8.38. The highest BCUT2D eigenvalue weighted by molar-refractivity contribution is 5.67. The molecule has 0 aliphatic heterocycles. The molecule has 0 aromatic heterocycles. The van der Waals surface area contributed by atoms with Gasteiger partial charge < -0.3 is 19.9 Å². The fourth-order valence-electron chi connectivity index (χ4n) is 1.80. The van der Waals surface area contributed by atoms with E-state index in [1.165, 1.54) is 0 Å². The van der Waals surface area contributed by atoms with Gasteiger partial charge in [0.15, 0.2) is 0 Å². The highest BCUT2D eigenvalue weighted by Gasteiger charge is 2.28. The lowest BCUT2D eigenvalue weighted by Crippen LogP contribution is -2.42. The molecule has 5 nitrogen and oxygen atoms in total. The number of nitrogens with one attached hydrogen (secondary N) is 1. The average Bonchev–Trinajstić information content (AvgIpc) is 2.32. The number of amides is 1. The Labute approximate surface area is 116 Å². The van der Waals surface area contributed by atoms with Gasteiger partial charge in [0.1, 0.15) is 5.60 Å². The summed E-state index contributed by atoms with van der Waals surface area (Å²) in [5, 5.41) is 12.3. The quantitative estimate of drug-likeness (QED) is 0.667. The Kier molecular flexibility index (Phi) is 8.02. The van der Waals surface area contributed by atoms with Gasteiger partial charge >= 0.3 is 6.09 Å².